The Kier molecular flexibility index (Phi) is 4.02. The van der Waals surface area contributed by atoms with Gasteiger partial charge in [-0.1, -0.05) is 12.5 Å². The highest BCUT2D eigenvalue weighted by atomic mass is 19.4. The van der Waals surface area contributed by atoms with Gasteiger partial charge < -0.3 is 5.32 Å². The summed E-state index contributed by atoms with van der Waals surface area (Å²) < 4.78 is 51.3. The molecule has 19 heavy (non-hydrogen) atoms. The van der Waals surface area contributed by atoms with Crippen molar-refractivity contribution in [2.75, 3.05) is 5.32 Å². The summed E-state index contributed by atoms with van der Waals surface area (Å²) in [6.07, 6.45) is -2.61. The van der Waals surface area contributed by atoms with E-state index in [1.165, 1.54) is 12.1 Å². The fourth-order valence-corrected chi connectivity index (χ4v) is 2.59. The number of alkyl halides is 3. The second-order valence-corrected chi connectivity index (χ2v) is 5.21. The number of hydrogen-bond acceptors (Lipinski definition) is 1. The van der Waals surface area contributed by atoms with Gasteiger partial charge in [0.25, 0.3) is 0 Å². The Hall–Kier alpha value is -1.26. The van der Waals surface area contributed by atoms with Crippen LogP contribution in [0.25, 0.3) is 0 Å². The van der Waals surface area contributed by atoms with Gasteiger partial charge in [0, 0.05) is 11.7 Å². The molecule has 5 heteroatoms. The molecule has 0 aliphatic heterocycles. The van der Waals surface area contributed by atoms with Gasteiger partial charge in [0.1, 0.15) is 5.82 Å². The molecule has 1 nitrogen and oxygen atoms in total. The zero-order valence-corrected chi connectivity index (χ0v) is 10.7. The van der Waals surface area contributed by atoms with E-state index in [-0.39, 0.29) is 24.7 Å². The van der Waals surface area contributed by atoms with Crippen molar-refractivity contribution in [2.45, 2.75) is 44.8 Å². The molecule has 2 rings (SSSR count). The van der Waals surface area contributed by atoms with Crippen LogP contribution in [0.3, 0.4) is 0 Å². The monoisotopic (exact) mass is 275 g/mol. The van der Waals surface area contributed by atoms with Gasteiger partial charge in [-0.05, 0) is 43.9 Å². The highest BCUT2D eigenvalue weighted by Crippen LogP contribution is 2.38. The molecule has 0 aromatic heterocycles. The van der Waals surface area contributed by atoms with E-state index < -0.39 is 12.1 Å². The van der Waals surface area contributed by atoms with E-state index in [0.717, 1.165) is 5.56 Å². The fraction of sp³-hybridized carbons (Fsp3) is 0.571. The Morgan fingerprint density at radius 2 is 1.95 bits per heavy atom. The maximum absolute atomic E-state index is 13.1. The van der Waals surface area contributed by atoms with E-state index in [1.54, 1.807) is 6.07 Å². The molecular weight excluding hydrogens is 258 g/mol. The van der Waals surface area contributed by atoms with Crippen molar-refractivity contribution in [1.29, 1.82) is 0 Å². The summed E-state index contributed by atoms with van der Waals surface area (Å²) in [7, 11) is 0. The molecule has 2 atom stereocenters. The molecule has 0 amide bonds. The van der Waals surface area contributed by atoms with Gasteiger partial charge >= 0.3 is 6.18 Å². The zero-order chi connectivity index (χ0) is 14.0. The minimum absolute atomic E-state index is 0.0689. The highest BCUT2D eigenvalue weighted by Gasteiger charge is 2.42. The molecule has 1 N–H and O–H groups in total. The van der Waals surface area contributed by atoms with Crippen molar-refractivity contribution in [2.24, 2.45) is 5.92 Å². The normalized spacial score (nSPS) is 24.3. The topological polar surface area (TPSA) is 12.0 Å². The maximum Gasteiger partial charge on any atom is 0.391 e. The highest BCUT2D eigenvalue weighted by molar-refractivity contribution is 5.51. The first kappa shape index (κ1) is 14.2. The molecule has 1 aliphatic rings. The average molecular weight is 275 g/mol. The third kappa shape index (κ3) is 3.61. The van der Waals surface area contributed by atoms with Crippen LogP contribution in [0.4, 0.5) is 23.2 Å². The number of hydrogen-bond donors (Lipinski definition) is 1. The molecule has 1 aliphatic carbocycles. The third-order valence-corrected chi connectivity index (χ3v) is 3.70. The minimum Gasteiger partial charge on any atom is -0.382 e. The SMILES string of the molecule is Cc1ccc(F)cc1NC1CCCC(C(F)(F)F)C1. The lowest BCUT2D eigenvalue weighted by molar-refractivity contribution is -0.182. The summed E-state index contributed by atoms with van der Waals surface area (Å²) in [6.45, 7) is 1.81. The second-order valence-electron chi connectivity index (χ2n) is 5.21. The van der Waals surface area contributed by atoms with Crippen molar-refractivity contribution in [3.8, 4) is 0 Å². The maximum atomic E-state index is 13.1. The van der Waals surface area contributed by atoms with Crippen LogP contribution in [0.15, 0.2) is 18.2 Å². The van der Waals surface area contributed by atoms with Gasteiger partial charge in [0.2, 0.25) is 0 Å². The second kappa shape index (κ2) is 5.39. The molecule has 1 fully saturated rings. The Morgan fingerprint density at radius 3 is 2.63 bits per heavy atom. The molecular formula is C14H17F4N. The minimum atomic E-state index is -4.13. The predicted octanol–water partition coefficient (Wildman–Crippen LogP) is 4.67. The zero-order valence-electron chi connectivity index (χ0n) is 10.7. The third-order valence-electron chi connectivity index (χ3n) is 3.70. The molecule has 0 radical (unpaired) electrons. The fourth-order valence-electron chi connectivity index (χ4n) is 2.59. The molecule has 2 unspecified atom stereocenters. The van der Waals surface area contributed by atoms with Gasteiger partial charge in [-0.3, -0.25) is 0 Å². The molecule has 106 valence electrons. The van der Waals surface area contributed by atoms with Crippen molar-refractivity contribution in [3.63, 3.8) is 0 Å². The van der Waals surface area contributed by atoms with Crippen molar-refractivity contribution in [1.82, 2.24) is 0 Å². The first-order valence-electron chi connectivity index (χ1n) is 6.45. The first-order chi connectivity index (χ1) is 8.86. The van der Waals surface area contributed by atoms with Crippen LogP contribution in [0.5, 0.6) is 0 Å². The van der Waals surface area contributed by atoms with Crippen molar-refractivity contribution in [3.05, 3.63) is 29.6 Å². The number of anilines is 1. The lowest BCUT2D eigenvalue weighted by Gasteiger charge is -2.32. The molecule has 1 saturated carbocycles. The van der Waals surface area contributed by atoms with E-state index >= 15 is 0 Å². The largest absolute Gasteiger partial charge is 0.391 e. The van der Waals surface area contributed by atoms with Gasteiger partial charge in [-0.25, -0.2) is 4.39 Å². The van der Waals surface area contributed by atoms with Gasteiger partial charge in [0.05, 0.1) is 5.92 Å². The van der Waals surface area contributed by atoms with Crippen molar-refractivity contribution >= 4 is 5.69 Å². The lowest BCUT2D eigenvalue weighted by atomic mass is 9.85. The van der Waals surface area contributed by atoms with Crippen LogP contribution in [0.1, 0.15) is 31.2 Å². The van der Waals surface area contributed by atoms with Crippen molar-refractivity contribution < 1.29 is 17.6 Å². The van der Waals surface area contributed by atoms with E-state index in [0.29, 0.717) is 18.5 Å². The van der Waals surface area contributed by atoms with Crippen LogP contribution in [-0.4, -0.2) is 12.2 Å². The Bertz CT molecular complexity index is 442. The molecule has 0 heterocycles. The number of halogens is 4. The Balaban J connectivity index is 2.05. The quantitative estimate of drug-likeness (QED) is 0.773. The molecule has 0 saturated heterocycles. The summed E-state index contributed by atoms with van der Waals surface area (Å²) in [5.41, 5.74) is 1.43. The van der Waals surface area contributed by atoms with E-state index in [2.05, 4.69) is 5.32 Å². The molecule has 0 bridgehead atoms. The van der Waals surface area contributed by atoms with Gasteiger partial charge in [-0.15, -0.1) is 0 Å². The summed E-state index contributed by atoms with van der Waals surface area (Å²) in [6, 6.07) is 4.08. The van der Waals surface area contributed by atoms with Crippen LogP contribution in [-0.2, 0) is 0 Å². The van der Waals surface area contributed by atoms with Gasteiger partial charge in [0.15, 0.2) is 0 Å². The summed E-state index contributed by atoms with van der Waals surface area (Å²) in [5, 5.41) is 3.05. The van der Waals surface area contributed by atoms with E-state index in [1.807, 2.05) is 6.92 Å². The van der Waals surface area contributed by atoms with Crippen LogP contribution in [0.2, 0.25) is 0 Å². The number of aryl methyl sites for hydroxylation is 1. The number of rotatable bonds is 2. The Labute approximate surface area is 110 Å². The Morgan fingerprint density at radius 1 is 1.21 bits per heavy atom. The molecule has 1 aromatic rings. The van der Waals surface area contributed by atoms with Crippen LogP contribution >= 0.6 is 0 Å². The number of nitrogens with one attached hydrogen (secondary N) is 1. The summed E-state index contributed by atoms with van der Waals surface area (Å²) >= 11 is 0. The first-order valence-corrected chi connectivity index (χ1v) is 6.45. The summed E-state index contributed by atoms with van der Waals surface area (Å²) in [5.74, 6) is -1.62. The van der Waals surface area contributed by atoms with E-state index in [4.69, 9.17) is 0 Å². The van der Waals surface area contributed by atoms with Gasteiger partial charge in [-0.2, -0.15) is 13.2 Å². The van der Waals surface area contributed by atoms with Crippen LogP contribution in [0, 0.1) is 18.7 Å². The summed E-state index contributed by atoms with van der Waals surface area (Å²) in [4.78, 5) is 0. The number of benzene rings is 1. The molecule has 1 aromatic carbocycles. The van der Waals surface area contributed by atoms with Crippen LogP contribution < -0.4 is 5.32 Å². The standard InChI is InChI=1S/C14H17F4N/c1-9-5-6-11(15)8-13(9)19-12-4-2-3-10(7-12)14(16,17)18/h5-6,8,10,12,19H,2-4,7H2,1H3. The predicted molar refractivity (Wildman–Crippen MR) is 66.6 cm³/mol. The lowest BCUT2D eigenvalue weighted by Crippen LogP contribution is -2.34. The average Bonchev–Trinajstić information content (AvgIpc) is 2.33. The van der Waals surface area contributed by atoms with E-state index in [9.17, 15) is 17.6 Å². The smallest absolute Gasteiger partial charge is 0.382 e. The molecule has 0 spiro atoms.